The molecule has 0 aliphatic heterocycles. The molecule has 1 aromatic carbocycles. The number of nitrogens with one attached hydrogen (secondary N) is 1. The number of anilines is 1. The van der Waals surface area contributed by atoms with Crippen molar-refractivity contribution in [1.82, 2.24) is 0 Å². The van der Waals surface area contributed by atoms with Gasteiger partial charge in [0.15, 0.2) is 0 Å². The predicted octanol–water partition coefficient (Wildman–Crippen LogP) is 0.981. The van der Waals surface area contributed by atoms with Crippen LogP contribution >= 0.6 is 12.4 Å². The molecular formula is C9H15ClN2O2S. The Hall–Kier alpha value is -0.780. The van der Waals surface area contributed by atoms with Gasteiger partial charge < -0.3 is 5.73 Å². The molecule has 1 aromatic rings. The lowest BCUT2D eigenvalue weighted by Crippen LogP contribution is -2.09. The molecule has 0 saturated carbocycles. The largest absolute Gasteiger partial charge is 0.330 e. The van der Waals surface area contributed by atoms with Crippen LogP contribution in [0.25, 0.3) is 0 Å². The second kappa shape index (κ2) is 5.95. The molecule has 0 atom stereocenters. The summed E-state index contributed by atoms with van der Waals surface area (Å²) in [6.07, 6.45) is 1.93. The zero-order valence-corrected chi connectivity index (χ0v) is 10.1. The van der Waals surface area contributed by atoms with Crippen molar-refractivity contribution in [2.45, 2.75) is 6.42 Å². The van der Waals surface area contributed by atoms with E-state index in [1.165, 1.54) is 0 Å². The van der Waals surface area contributed by atoms with E-state index in [0.717, 1.165) is 18.2 Å². The molecule has 0 aliphatic carbocycles. The average Bonchev–Trinajstić information content (AvgIpc) is 2.06. The maximum absolute atomic E-state index is 10.9. The Morgan fingerprint density at radius 2 is 1.80 bits per heavy atom. The van der Waals surface area contributed by atoms with Crippen LogP contribution in [0.2, 0.25) is 0 Å². The third kappa shape index (κ3) is 5.61. The number of hydrogen-bond acceptors (Lipinski definition) is 3. The van der Waals surface area contributed by atoms with Crippen LogP contribution in [-0.4, -0.2) is 21.2 Å². The van der Waals surface area contributed by atoms with Crippen molar-refractivity contribution in [2.75, 3.05) is 17.5 Å². The van der Waals surface area contributed by atoms with E-state index in [2.05, 4.69) is 4.72 Å². The quantitative estimate of drug-likeness (QED) is 0.837. The molecule has 15 heavy (non-hydrogen) atoms. The summed E-state index contributed by atoms with van der Waals surface area (Å²) >= 11 is 0. The van der Waals surface area contributed by atoms with Crippen molar-refractivity contribution in [3.8, 4) is 0 Å². The third-order valence-electron chi connectivity index (χ3n) is 1.69. The number of sulfonamides is 1. The SMILES string of the molecule is CS(=O)(=O)Nc1ccc(CCN)cc1.Cl. The smallest absolute Gasteiger partial charge is 0.229 e. The molecule has 4 nitrogen and oxygen atoms in total. The number of benzene rings is 1. The van der Waals surface area contributed by atoms with Gasteiger partial charge in [-0.2, -0.15) is 0 Å². The fraction of sp³-hybridized carbons (Fsp3) is 0.333. The Labute approximate surface area is 96.3 Å². The highest BCUT2D eigenvalue weighted by molar-refractivity contribution is 7.92. The normalized spacial score (nSPS) is 10.5. The molecule has 0 aromatic heterocycles. The minimum Gasteiger partial charge on any atom is -0.330 e. The van der Waals surface area contributed by atoms with Crippen LogP contribution in [0.1, 0.15) is 5.56 Å². The molecule has 0 spiro atoms. The van der Waals surface area contributed by atoms with Gasteiger partial charge in [-0.05, 0) is 30.7 Å². The summed E-state index contributed by atoms with van der Waals surface area (Å²) in [7, 11) is -3.18. The van der Waals surface area contributed by atoms with Crippen LogP contribution in [-0.2, 0) is 16.4 Å². The van der Waals surface area contributed by atoms with E-state index in [4.69, 9.17) is 5.73 Å². The Bertz CT molecular complexity index is 389. The zero-order chi connectivity index (χ0) is 10.6. The van der Waals surface area contributed by atoms with Crippen molar-refractivity contribution in [2.24, 2.45) is 5.73 Å². The van der Waals surface area contributed by atoms with Gasteiger partial charge in [-0.15, -0.1) is 12.4 Å². The van der Waals surface area contributed by atoms with E-state index in [0.29, 0.717) is 12.2 Å². The fourth-order valence-corrected chi connectivity index (χ4v) is 1.68. The van der Waals surface area contributed by atoms with Gasteiger partial charge in [0.05, 0.1) is 6.26 Å². The van der Waals surface area contributed by atoms with Crippen LogP contribution in [0.4, 0.5) is 5.69 Å². The summed E-state index contributed by atoms with van der Waals surface area (Å²) < 4.78 is 24.2. The standard InChI is InChI=1S/C9H14N2O2S.ClH/c1-14(12,13)11-9-4-2-8(3-5-9)6-7-10;/h2-5,11H,6-7,10H2,1H3;1H. The lowest BCUT2D eigenvalue weighted by molar-refractivity contribution is 0.607. The highest BCUT2D eigenvalue weighted by Crippen LogP contribution is 2.10. The molecule has 1 rings (SSSR count). The molecule has 0 heterocycles. The molecule has 0 radical (unpaired) electrons. The number of hydrogen-bond donors (Lipinski definition) is 2. The lowest BCUT2D eigenvalue weighted by atomic mass is 10.1. The Morgan fingerprint density at radius 1 is 1.27 bits per heavy atom. The van der Waals surface area contributed by atoms with Crippen LogP contribution in [0.15, 0.2) is 24.3 Å². The van der Waals surface area contributed by atoms with Gasteiger partial charge in [0.25, 0.3) is 0 Å². The molecule has 0 bridgehead atoms. The van der Waals surface area contributed by atoms with E-state index in [9.17, 15) is 8.42 Å². The predicted molar refractivity (Wildman–Crippen MR) is 64.9 cm³/mol. The van der Waals surface area contributed by atoms with Crippen molar-refractivity contribution in [1.29, 1.82) is 0 Å². The van der Waals surface area contributed by atoms with Crippen molar-refractivity contribution < 1.29 is 8.42 Å². The number of nitrogens with two attached hydrogens (primary N) is 1. The van der Waals surface area contributed by atoms with Crippen LogP contribution in [0.5, 0.6) is 0 Å². The minimum atomic E-state index is -3.18. The zero-order valence-electron chi connectivity index (χ0n) is 8.43. The van der Waals surface area contributed by atoms with Crippen LogP contribution < -0.4 is 10.5 Å². The first-order chi connectivity index (χ1) is 6.51. The van der Waals surface area contributed by atoms with E-state index >= 15 is 0 Å². The van der Waals surface area contributed by atoms with E-state index in [1.54, 1.807) is 12.1 Å². The van der Waals surface area contributed by atoms with Gasteiger partial charge in [0.1, 0.15) is 0 Å². The monoisotopic (exact) mass is 250 g/mol. The average molecular weight is 251 g/mol. The van der Waals surface area contributed by atoms with Gasteiger partial charge in [0.2, 0.25) is 10.0 Å². The first-order valence-corrected chi connectivity index (χ1v) is 6.17. The van der Waals surface area contributed by atoms with Gasteiger partial charge in [-0.25, -0.2) is 8.42 Å². The van der Waals surface area contributed by atoms with Crippen molar-refractivity contribution in [3.05, 3.63) is 29.8 Å². The molecule has 0 fully saturated rings. The topological polar surface area (TPSA) is 72.2 Å². The Morgan fingerprint density at radius 3 is 2.20 bits per heavy atom. The molecule has 3 N–H and O–H groups in total. The molecule has 86 valence electrons. The maximum Gasteiger partial charge on any atom is 0.229 e. The Kier molecular flexibility index (Phi) is 5.64. The van der Waals surface area contributed by atoms with E-state index in [-0.39, 0.29) is 12.4 Å². The van der Waals surface area contributed by atoms with Gasteiger partial charge in [0, 0.05) is 5.69 Å². The van der Waals surface area contributed by atoms with Gasteiger partial charge >= 0.3 is 0 Å². The van der Waals surface area contributed by atoms with Crippen molar-refractivity contribution >= 4 is 28.1 Å². The fourth-order valence-electron chi connectivity index (χ4n) is 1.12. The summed E-state index contributed by atoms with van der Waals surface area (Å²) in [6.45, 7) is 0.596. The number of halogens is 1. The van der Waals surface area contributed by atoms with Crippen LogP contribution in [0.3, 0.4) is 0 Å². The molecule has 0 saturated heterocycles. The summed E-state index contributed by atoms with van der Waals surface area (Å²) in [5.74, 6) is 0. The highest BCUT2D eigenvalue weighted by Gasteiger charge is 2.00. The van der Waals surface area contributed by atoms with Crippen molar-refractivity contribution in [3.63, 3.8) is 0 Å². The first-order valence-electron chi connectivity index (χ1n) is 4.28. The highest BCUT2D eigenvalue weighted by atomic mass is 35.5. The third-order valence-corrected chi connectivity index (χ3v) is 2.30. The summed E-state index contributed by atoms with van der Waals surface area (Å²) in [4.78, 5) is 0. The van der Waals surface area contributed by atoms with Gasteiger partial charge in [-0.3, -0.25) is 4.72 Å². The van der Waals surface area contributed by atoms with E-state index < -0.39 is 10.0 Å². The lowest BCUT2D eigenvalue weighted by Gasteiger charge is -2.04. The summed E-state index contributed by atoms with van der Waals surface area (Å²) in [5.41, 5.74) is 7.07. The molecule has 6 heteroatoms. The first kappa shape index (κ1) is 14.2. The second-order valence-corrected chi connectivity index (χ2v) is 4.86. The molecule has 0 aliphatic rings. The Balaban J connectivity index is 0.00000196. The summed E-state index contributed by atoms with van der Waals surface area (Å²) in [6, 6.07) is 7.18. The minimum absolute atomic E-state index is 0. The van der Waals surface area contributed by atoms with Crippen LogP contribution in [0, 0.1) is 0 Å². The summed E-state index contributed by atoms with van der Waals surface area (Å²) in [5, 5.41) is 0. The second-order valence-electron chi connectivity index (χ2n) is 3.11. The molecular weight excluding hydrogens is 236 g/mol. The van der Waals surface area contributed by atoms with E-state index in [1.807, 2.05) is 12.1 Å². The maximum atomic E-state index is 10.9. The molecule has 0 amide bonds. The van der Waals surface area contributed by atoms with Gasteiger partial charge in [-0.1, -0.05) is 12.1 Å². The molecule has 0 unspecified atom stereocenters. The number of rotatable bonds is 4.